The largest absolute Gasteiger partial charge is 0.378 e. The van der Waals surface area contributed by atoms with E-state index in [0.717, 1.165) is 11.1 Å². The Hall–Kier alpha value is -3.93. The number of azide groups is 1. The molecule has 1 aliphatic heterocycles. The molecule has 0 amide bonds. The zero-order valence-corrected chi connectivity index (χ0v) is 20.8. The SMILES string of the molecule is CC1(C)O[C@H](C(O)(c2ccccc2)c2ccccc2)[C@@H](C(N=[N+]=[N-])(c2ccccc2)c2ccccc2)O1. The molecule has 6 nitrogen and oxygen atoms in total. The third-order valence-electron chi connectivity index (χ3n) is 6.98. The Morgan fingerprint density at radius 1 is 0.649 bits per heavy atom. The number of rotatable bonds is 7. The van der Waals surface area contributed by atoms with Crippen LogP contribution < -0.4 is 0 Å². The summed E-state index contributed by atoms with van der Waals surface area (Å²) in [5.41, 5.74) is 9.74. The minimum Gasteiger partial charge on any atom is -0.378 e. The Morgan fingerprint density at radius 3 is 1.38 bits per heavy atom. The van der Waals surface area contributed by atoms with E-state index in [4.69, 9.17) is 9.47 Å². The minimum absolute atomic E-state index is 0.647. The van der Waals surface area contributed by atoms with Gasteiger partial charge in [-0.2, -0.15) is 0 Å². The van der Waals surface area contributed by atoms with E-state index >= 15 is 0 Å². The molecule has 186 valence electrons. The molecular weight excluding hydrogens is 462 g/mol. The van der Waals surface area contributed by atoms with Crippen LogP contribution in [0.25, 0.3) is 10.4 Å². The molecular formula is C31H29N3O3. The number of benzene rings is 4. The molecule has 1 aliphatic rings. The van der Waals surface area contributed by atoms with Crippen LogP contribution in [0.1, 0.15) is 36.1 Å². The topological polar surface area (TPSA) is 87.5 Å². The maximum atomic E-state index is 12.7. The first-order valence-corrected chi connectivity index (χ1v) is 12.3. The van der Waals surface area contributed by atoms with Crippen LogP contribution in [-0.4, -0.2) is 23.1 Å². The predicted octanol–water partition coefficient (Wildman–Crippen LogP) is 6.70. The molecule has 0 unspecified atom stereocenters. The molecule has 1 N–H and O–H groups in total. The molecule has 0 saturated carbocycles. The Kier molecular flexibility index (Phi) is 6.59. The van der Waals surface area contributed by atoms with Gasteiger partial charge in [-0.05, 0) is 41.6 Å². The molecule has 0 spiro atoms. The van der Waals surface area contributed by atoms with Gasteiger partial charge in [0.2, 0.25) is 0 Å². The Bertz CT molecular complexity index is 1290. The molecule has 4 aromatic rings. The van der Waals surface area contributed by atoms with Crippen molar-refractivity contribution >= 4 is 0 Å². The lowest BCUT2D eigenvalue weighted by atomic mass is 9.70. The van der Waals surface area contributed by atoms with Gasteiger partial charge in [0.1, 0.15) is 23.3 Å². The maximum Gasteiger partial charge on any atom is 0.164 e. The van der Waals surface area contributed by atoms with Gasteiger partial charge in [-0.25, -0.2) is 0 Å². The summed E-state index contributed by atoms with van der Waals surface area (Å²) in [5.74, 6) is -1.08. The van der Waals surface area contributed by atoms with Crippen LogP contribution in [0.15, 0.2) is 126 Å². The molecule has 0 bridgehead atoms. The van der Waals surface area contributed by atoms with Gasteiger partial charge in [0.25, 0.3) is 0 Å². The van der Waals surface area contributed by atoms with Crippen LogP contribution in [0, 0.1) is 0 Å². The van der Waals surface area contributed by atoms with Crippen molar-refractivity contribution in [2.45, 2.75) is 43.0 Å². The molecule has 4 aromatic carbocycles. The Labute approximate surface area is 216 Å². The van der Waals surface area contributed by atoms with Crippen molar-refractivity contribution in [1.82, 2.24) is 0 Å². The van der Waals surface area contributed by atoms with Crippen molar-refractivity contribution in [1.29, 1.82) is 0 Å². The highest BCUT2D eigenvalue weighted by atomic mass is 16.8. The molecule has 1 heterocycles. The zero-order valence-electron chi connectivity index (χ0n) is 20.8. The Morgan fingerprint density at radius 2 is 1.00 bits per heavy atom. The minimum atomic E-state index is -1.62. The summed E-state index contributed by atoms with van der Waals surface area (Å²) >= 11 is 0. The van der Waals surface area contributed by atoms with E-state index < -0.39 is 29.1 Å². The van der Waals surface area contributed by atoms with E-state index in [1.54, 1.807) is 0 Å². The highest BCUT2D eigenvalue weighted by Crippen LogP contribution is 2.51. The summed E-state index contributed by atoms with van der Waals surface area (Å²) in [6, 6.07) is 37.9. The van der Waals surface area contributed by atoms with Crippen molar-refractivity contribution in [3.8, 4) is 0 Å². The lowest BCUT2D eigenvalue weighted by Gasteiger charge is -2.43. The quantitative estimate of drug-likeness (QED) is 0.177. The van der Waals surface area contributed by atoms with E-state index in [1.807, 2.05) is 135 Å². The van der Waals surface area contributed by atoms with Crippen LogP contribution in [0.4, 0.5) is 0 Å². The third-order valence-corrected chi connectivity index (χ3v) is 6.98. The van der Waals surface area contributed by atoms with Gasteiger partial charge in [-0.3, -0.25) is 0 Å². The van der Waals surface area contributed by atoms with E-state index in [0.29, 0.717) is 11.1 Å². The zero-order chi connectivity index (χ0) is 25.9. The molecule has 0 aromatic heterocycles. The van der Waals surface area contributed by atoms with Crippen molar-refractivity contribution < 1.29 is 14.6 Å². The highest BCUT2D eigenvalue weighted by molar-refractivity contribution is 5.45. The summed E-state index contributed by atoms with van der Waals surface area (Å²) in [5, 5.41) is 17.2. The summed E-state index contributed by atoms with van der Waals surface area (Å²) in [6.45, 7) is 3.63. The summed E-state index contributed by atoms with van der Waals surface area (Å²) in [4.78, 5) is 3.32. The van der Waals surface area contributed by atoms with E-state index in [1.165, 1.54) is 0 Å². The normalized spacial score (nSPS) is 19.2. The number of nitrogens with zero attached hydrogens (tertiary/aromatic N) is 3. The maximum absolute atomic E-state index is 12.7. The second-order valence-electron chi connectivity index (χ2n) is 9.66. The molecule has 2 atom stereocenters. The summed E-state index contributed by atoms with van der Waals surface area (Å²) in [6.07, 6.45) is -1.84. The van der Waals surface area contributed by atoms with Crippen molar-refractivity contribution in [3.63, 3.8) is 0 Å². The van der Waals surface area contributed by atoms with E-state index in [2.05, 4.69) is 10.0 Å². The lowest BCUT2D eigenvalue weighted by molar-refractivity contribution is -0.167. The smallest absolute Gasteiger partial charge is 0.164 e. The van der Waals surface area contributed by atoms with Crippen LogP contribution >= 0.6 is 0 Å². The van der Waals surface area contributed by atoms with Gasteiger partial charge in [0.15, 0.2) is 5.79 Å². The molecule has 37 heavy (non-hydrogen) atoms. The van der Waals surface area contributed by atoms with E-state index in [-0.39, 0.29) is 0 Å². The number of ether oxygens (including phenoxy) is 2. The molecule has 1 saturated heterocycles. The fraction of sp³-hybridized carbons (Fsp3) is 0.226. The van der Waals surface area contributed by atoms with Crippen molar-refractivity contribution in [3.05, 3.63) is 154 Å². The van der Waals surface area contributed by atoms with Crippen LogP contribution in [-0.2, 0) is 20.6 Å². The van der Waals surface area contributed by atoms with Crippen LogP contribution in [0.2, 0.25) is 0 Å². The molecule has 1 fully saturated rings. The predicted molar refractivity (Wildman–Crippen MR) is 143 cm³/mol. The van der Waals surface area contributed by atoms with Gasteiger partial charge >= 0.3 is 0 Å². The summed E-state index contributed by atoms with van der Waals surface area (Å²) < 4.78 is 13.2. The van der Waals surface area contributed by atoms with E-state index in [9.17, 15) is 10.6 Å². The average molecular weight is 492 g/mol. The second kappa shape index (κ2) is 9.85. The van der Waals surface area contributed by atoms with Crippen LogP contribution in [0.3, 0.4) is 0 Å². The Balaban J connectivity index is 1.82. The second-order valence-corrected chi connectivity index (χ2v) is 9.66. The van der Waals surface area contributed by atoms with Crippen molar-refractivity contribution in [2.75, 3.05) is 0 Å². The average Bonchev–Trinajstić information content (AvgIpc) is 3.29. The highest BCUT2D eigenvalue weighted by Gasteiger charge is 2.61. The third kappa shape index (κ3) is 4.31. The fourth-order valence-electron chi connectivity index (χ4n) is 5.37. The first-order chi connectivity index (χ1) is 17.9. The van der Waals surface area contributed by atoms with Gasteiger partial charge in [0.05, 0.1) is 0 Å². The molecule has 6 heteroatoms. The molecule has 0 aliphatic carbocycles. The van der Waals surface area contributed by atoms with Gasteiger partial charge < -0.3 is 14.6 Å². The van der Waals surface area contributed by atoms with Crippen LogP contribution in [0.5, 0.6) is 0 Å². The number of hydrogen-bond donors (Lipinski definition) is 1. The first kappa shape index (κ1) is 24.8. The van der Waals surface area contributed by atoms with Crippen molar-refractivity contribution in [2.24, 2.45) is 5.11 Å². The fourth-order valence-corrected chi connectivity index (χ4v) is 5.37. The monoisotopic (exact) mass is 491 g/mol. The van der Waals surface area contributed by atoms with Gasteiger partial charge in [-0.15, -0.1) is 0 Å². The molecule has 0 radical (unpaired) electrons. The first-order valence-electron chi connectivity index (χ1n) is 12.3. The molecule has 5 rings (SSSR count). The van der Waals surface area contributed by atoms with Gasteiger partial charge in [-0.1, -0.05) is 126 Å². The standard InChI is InChI=1S/C31H29N3O3/c1-29(2)36-27(30(33-34-32,23-15-7-3-8-16-23)24-17-9-4-10-18-24)28(37-29)31(35,25-19-11-5-12-20-25)26-21-13-6-14-22-26/h3-22,27-28,35H,1-2H3/t27-,28-/m0/s1. The number of aliphatic hydroxyl groups is 1. The lowest BCUT2D eigenvalue weighted by Crippen LogP contribution is -2.54. The van der Waals surface area contributed by atoms with Gasteiger partial charge in [0, 0.05) is 4.91 Å². The summed E-state index contributed by atoms with van der Waals surface area (Å²) in [7, 11) is 0. The number of hydrogen-bond acceptors (Lipinski definition) is 4.